The third-order valence-corrected chi connectivity index (χ3v) is 2.63. The maximum absolute atomic E-state index is 4.15. The first-order valence-corrected chi connectivity index (χ1v) is 5.84. The van der Waals surface area contributed by atoms with Crippen LogP contribution >= 0.6 is 0 Å². The summed E-state index contributed by atoms with van der Waals surface area (Å²) in [5.41, 5.74) is 3.67. The molecule has 0 bridgehead atoms. The summed E-state index contributed by atoms with van der Waals surface area (Å²) in [5.74, 6) is 0.630. The quantitative estimate of drug-likeness (QED) is 0.572. The van der Waals surface area contributed by atoms with E-state index in [1.807, 2.05) is 42.5 Å². The average Bonchev–Trinajstić information content (AvgIpc) is 2.49. The van der Waals surface area contributed by atoms with E-state index in [0.29, 0.717) is 5.82 Å². The number of rotatable bonds is 3. The molecule has 5 heteroatoms. The van der Waals surface area contributed by atoms with E-state index < -0.39 is 0 Å². The molecular weight excluding hydrogens is 238 g/mol. The van der Waals surface area contributed by atoms with Gasteiger partial charge < -0.3 is 0 Å². The summed E-state index contributed by atoms with van der Waals surface area (Å²) in [5, 5.41) is 14.1. The zero-order valence-corrected chi connectivity index (χ0v) is 10.1. The monoisotopic (exact) mass is 249 g/mol. The first-order valence-electron chi connectivity index (χ1n) is 5.84. The third-order valence-electron chi connectivity index (χ3n) is 2.63. The van der Waals surface area contributed by atoms with Crippen molar-refractivity contribution < 1.29 is 0 Å². The standard InChI is InChI=1S/C14H11N5/c1-2-7-13-11(5-1)9-16-18-14(13)19-17-10-12-6-3-4-8-15-12/h1-10H,(H,18,19)/b17-10-. The lowest BCUT2D eigenvalue weighted by molar-refractivity contribution is 1.04. The fraction of sp³-hybridized carbons (Fsp3) is 0. The van der Waals surface area contributed by atoms with Crippen molar-refractivity contribution in [1.82, 2.24) is 15.2 Å². The topological polar surface area (TPSA) is 63.1 Å². The molecule has 0 unspecified atom stereocenters. The minimum absolute atomic E-state index is 0.630. The van der Waals surface area contributed by atoms with E-state index in [2.05, 4.69) is 25.7 Å². The highest BCUT2D eigenvalue weighted by Crippen LogP contribution is 2.18. The molecule has 1 aromatic carbocycles. The second-order valence-corrected chi connectivity index (χ2v) is 3.91. The molecule has 3 rings (SSSR count). The van der Waals surface area contributed by atoms with Gasteiger partial charge in [0.2, 0.25) is 0 Å². The van der Waals surface area contributed by atoms with E-state index in [1.165, 1.54) is 0 Å². The summed E-state index contributed by atoms with van der Waals surface area (Å²) in [4.78, 5) is 4.15. The lowest BCUT2D eigenvalue weighted by Gasteiger charge is -2.02. The number of hydrogen-bond acceptors (Lipinski definition) is 5. The first-order chi connectivity index (χ1) is 9.43. The fourth-order valence-electron chi connectivity index (χ4n) is 1.72. The fourth-order valence-corrected chi connectivity index (χ4v) is 1.72. The molecule has 92 valence electrons. The molecule has 2 heterocycles. The maximum atomic E-state index is 4.15. The number of benzene rings is 1. The van der Waals surface area contributed by atoms with Crippen LogP contribution < -0.4 is 5.43 Å². The van der Waals surface area contributed by atoms with Gasteiger partial charge in [0.05, 0.1) is 18.1 Å². The second kappa shape index (κ2) is 5.22. The molecule has 0 fully saturated rings. The number of nitrogens with zero attached hydrogens (tertiary/aromatic N) is 4. The minimum Gasteiger partial charge on any atom is -0.259 e. The Kier molecular flexibility index (Phi) is 3.10. The molecule has 0 aliphatic carbocycles. The molecule has 1 N–H and O–H groups in total. The molecule has 0 radical (unpaired) electrons. The van der Waals surface area contributed by atoms with Crippen molar-refractivity contribution >= 4 is 22.8 Å². The van der Waals surface area contributed by atoms with E-state index in [9.17, 15) is 0 Å². The highest BCUT2D eigenvalue weighted by molar-refractivity contribution is 5.91. The average molecular weight is 249 g/mol. The van der Waals surface area contributed by atoms with Crippen molar-refractivity contribution in [2.24, 2.45) is 5.10 Å². The number of aromatic nitrogens is 3. The van der Waals surface area contributed by atoms with Gasteiger partial charge in [-0.1, -0.05) is 30.3 Å². The predicted molar refractivity (Wildman–Crippen MR) is 75.0 cm³/mol. The molecule has 2 aromatic heterocycles. The molecular formula is C14H11N5. The Balaban J connectivity index is 1.84. The van der Waals surface area contributed by atoms with E-state index in [-0.39, 0.29) is 0 Å². The van der Waals surface area contributed by atoms with Crippen LogP contribution in [0.25, 0.3) is 10.8 Å². The van der Waals surface area contributed by atoms with Gasteiger partial charge in [-0.2, -0.15) is 10.2 Å². The molecule has 0 saturated carbocycles. The predicted octanol–water partition coefficient (Wildman–Crippen LogP) is 2.47. The minimum atomic E-state index is 0.630. The first kappa shape index (κ1) is 11.3. The highest BCUT2D eigenvalue weighted by atomic mass is 15.3. The molecule has 3 aromatic rings. The Morgan fingerprint density at radius 2 is 1.95 bits per heavy atom. The van der Waals surface area contributed by atoms with Gasteiger partial charge in [-0.05, 0) is 12.1 Å². The van der Waals surface area contributed by atoms with Crippen LogP contribution in [0.3, 0.4) is 0 Å². The smallest absolute Gasteiger partial charge is 0.176 e. The Labute approximate surface area is 110 Å². The maximum Gasteiger partial charge on any atom is 0.176 e. The number of hydrogen-bond donors (Lipinski definition) is 1. The molecule has 0 amide bonds. The summed E-state index contributed by atoms with van der Waals surface area (Å²) < 4.78 is 0. The van der Waals surface area contributed by atoms with Gasteiger partial charge >= 0.3 is 0 Å². The van der Waals surface area contributed by atoms with E-state index in [1.54, 1.807) is 18.6 Å². The van der Waals surface area contributed by atoms with Crippen LogP contribution in [-0.4, -0.2) is 21.4 Å². The van der Waals surface area contributed by atoms with E-state index >= 15 is 0 Å². The van der Waals surface area contributed by atoms with Crippen LogP contribution in [0.15, 0.2) is 60.0 Å². The van der Waals surface area contributed by atoms with Crippen molar-refractivity contribution in [2.45, 2.75) is 0 Å². The SMILES string of the molecule is C(=N/Nc1nncc2ccccc12)/c1ccccn1. The van der Waals surface area contributed by atoms with Gasteiger partial charge in [0.1, 0.15) is 0 Å². The van der Waals surface area contributed by atoms with E-state index in [0.717, 1.165) is 16.5 Å². The summed E-state index contributed by atoms with van der Waals surface area (Å²) in [6.07, 6.45) is 5.09. The zero-order chi connectivity index (χ0) is 12.9. The molecule has 0 aliphatic rings. The van der Waals surface area contributed by atoms with Crippen LogP contribution in [0.1, 0.15) is 5.69 Å². The lowest BCUT2D eigenvalue weighted by atomic mass is 10.2. The summed E-state index contributed by atoms with van der Waals surface area (Å²) in [7, 11) is 0. The van der Waals surface area contributed by atoms with Crippen molar-refractivity contribution in [3.63, 3.8) is 0 Å². The lowest BCUT2D eigenvalue weighted by Crippen LogP contribution is -1.97. The van der Waals surface area contributed by atoms with Gasteiger partial charge in [-0.3, -0.25) is 10.4 Å². The zero-order valence-electron chi connectivity index (χ0n) is 10.1. The third kappa shape index (κ3) is 2.55. The number of nitrogens with one attached hydrogen (secondary N) is 1. The second-order valence-electron chi connectivity index (χ2n) is 3.91. The largest absolute Gasteiger partial charge is 0.259 e. The Hall–Kier alpha value is -2.82. The normalized spacial score (nSPS) is 10.9. The van der Waals surface area contributed by atoms with Gasteiger partial charge in [-0.25, -0.2) is 0 Å². The Morgan fingerprint density at radius 3 is 2.84 bits per heavy atom. The van der Waals surface area contributed by atoms with Crippen LogP contribution in [0.4, 0.5) is 5.82 Å². The van der Waals surface area contributed by atoms with Gasteiger partial charge in [0.15, 0.2) is 5.82 Å². The molecule has 19 heavy (non-hydrogen) atoms. The van der Waals surface area contributed by atoms with Crippen molar-refractivity contribution in [1.29, 1.82) is 0 Å². The highest BCUT2D eigenvalue weighted by Gasteiger charge is 2.00. The number of fused-ring (bicyclic) bond motifs is 1. The molecule has 0 atom stereocenters. The number of pyridine rings is 1. The molecule has 0 aliphatic heterocycles. The summed E-state index contributed by atoms with van der Waals surface area (Å²) in [6, 6.07) is 13.5. The van der Waals surface area contributed by atoms with Crippen LogP contribution in [0, 0.1) is 0 Å². The number of anilines is 1. The molecule has 0 saturated heterocycles. The Bertz CT molecular complexity index is 704. The summed E-state index contributed by atoms with van der Waals surface area (Å²) in [6.45, 7) is 0. The number of hydrazone groups is 1. The van der Waals surface area contributed by atoms with E-state index in [4.69, 9.17) is 0 Å². The van der Waals surface area contributed by atoms with Crippen LogP contribution in [-0.2, 0) is 0 Å². The molecule has 5 nitrogen and oxygen atoms in total. The van der Waals surface area contributed by atoms with Crippen molar-refractivity contribution in [3.05, 3.63) is 60.6 Å². The van der Waals surface area contributed by atoms with Crippen LogP contribution in [0.5, 0.6) is 0 Å². The molecule has 0 spiro atoms. The van der Waals surface area contributed by atoms with Crippen LogP contribution in [0.2, 0.25) is 0 Å². The van der Waals surface area contributed by atoms with Crippen molar-refractivity contribution in [2.75, 3.05) is 5.43 Å². The van der Waals surface area contributed by atoms with Gasteiger partial charge in [0.25, 0.3) is 0 Å². The van der Waals surface area contributed by atoms with Gasteiger partial charge in [0, 0.05) is 17.0 Å². The summed E-state index contributed by atoms with van der Waals surface area (Å²) >= 11 is 0. The van der Waals surface area contributed by atoms with Gasteiger partial charge in [-0.15, -0.1) is 5.10 Å². The van der Waals surface area contributed by atoms with Crippen molar-refractivity contribution in [3.8, 4) is 0 Å². The Morgan fingerprint density at radius 1 is 1.05 bits per heavy atom.